The van der Waals surface area contributed by atoms with Gasteiger partial charge in [0.15, 0.2) is 6.79 Å². The van der Waals surface area contributed by atoms with Crippen LogP contribution in [-0.4, -0.2) is 107 Å². The Labute approximate surface area is 338 Å². The van der Waals surface area contributed by atoms with Crippen molar-refractivity contribution < 1.29 is 45.7 Å². The largest absolute Gasteiger partial charge is 0.465 e. The van der Waals surface area contributed by atoms with Crippen LogP contribution < -0.4 is 19.5 Å². The van der Waals surface area contributed by atoms with Crippen LogP contribution in [0.1, 0.15) is 40.2 Å². The van der Waals surface area contributed by atoms with Crippen LogP contribution in [-0.2, 0) is 40.9 Å². The zero-order chi connectivity index (χ0) is 42.5. The molecule has 0 saturated heterocycles. The Morgan fingerprint density at radius 3 is 1.95 bits per heavy atom. The number of ether oxygens (including phenoxy) is 4. The zero-order valence-electron chi connectivity index (χ0n) is 35.5. The summed E-state index contributed by atoms with van der Waals surface area (Å²) in [5.41, 5.74) is -0.108. The van der Waals surface area contributed by atoms with Crippen molar-refractivity contribution in [1.29, 1.82) is 0 Å². The molecule has 0 aromatic heterocycles. The van der Waals surface area contributed by atoms with E-state index in [2.05, 4.69) is 54.0 Å². The molecular weight excluding hydrogens is 793 g/mol. The third-order valence-corrected chi connectivity index (χ3v) is 15.0. The van der Waals surface area contributed by atoms with Crippen LogP contribution >= 0.6 is 0 Å². The molecule has 4 N–H and O–H groups in total. The molecule has 320 valence electrons. The average molecular weight is 861 g/mol. The van der Waals surface area contributed by atoms with Gasteiger partial charge in [0.25, 0.3) is 10.2 Å². The molecule has 1 unspecified atom stereocenters. The molecule has 0 aliphatic heterocycles. The van der Waals surface area contributed by atoms with Crippen molar-refractivity contribution in [1.82, 2.24) is 14.3 Å². The summed E-state index contributed by atoms with van der Waals surface area (Å²) in [6, 6.07) is 13.2. The molecule has 0 aliphatic rings. The quantitative estimate of drug-likeness (QED) is 0.0466. The number of anilines is 1. The number of amides is 1. The third kappa shape index (κ3) is 17.5. The molecule has 0 heterocycles. The Morgan fingerprint density at radius 1 is 0.875 bits per heavy atom. The molecule has 2 rings (SSSR count). The van der Waals surface area contributed by atoms with Crippen molar-refractivity contribution in [3.8, 4) is 5.75 Å². The summed E-state index contributed by atoms with van der Waals surface area (Å²) < 4.78 is 85.6. The number of nitrogens with zero attached hydrogens (tertiary/aromatic N) is 1. The van der Waals surface area contributed by atoms with Gasteiger partial charge in [0, 0.05) is 43.0 Å². The van der Waals surface area contributed by atoms with E-state index in [4.69, 9.17) is 18.9 Å². The molecule has 2 aromatic carbocycles. The lowest BCUT2D eigenvalue weighted by atomic mass is 9.79. The number of carboxylic acid groups (broad SMARTS) is 1. The summed E-state index contributed by atoms with van der Waals surface area (Å²) in [4.78, 5) is 12.2. The van der Waals surface area contributed by atoms with Crippen molar-refractivity contribution >= 4 is 48.2 Å². The molecule has 0 aliphatic carbocycles. The van der Waals surface area contributed by atoms with Gasteiger partial charge in [0.1, 0.15) is 12.5 Å². The maximum absolute atomic E-state index is 15.1. The Morgan fingerprint density at radius 2 is 1.45 bits per heavy atom. The van der Waals surface area contributed by atoms with Gasteiger partial charge in [0.05, 0.1) is 28.8 Å². The molecule has 14 nitrogen and oxygen atoms in total. The van der Waals surface area contributed by atoms with Crippen LogP contribution in [0.5, 0.6) is 5.75 Å². The lowest BCUT2D eigenvalue weighted by Gasteiger charge is -2.46. The maximum atomic E-state index is 15.1. The number of hydrogen-bond donors (Lipinski definition) is 4. The standard InChI is InChI=1S/C38H68N4O10S2Si2/c1-29(2)26-42(53(45,46)31-18-19-34(32(25-31)41-54(47,48)39-6)51-27-49-20-22-55(7,8)9)36(38(3,4)5)35(52-28-50-21-23-56(10,11)12)33(40-37(43)44)24-30-16-14-13-15-17-30/h13-19,25,29,33,35-36,39-41H,20-24,26-28H2,1-12H3,(H,43,44)/t33-,35+,36?/m0/s1. The summed E-state index contributed by atoms with van der Waals surface area (Å²) in [5.74, 6) is -0.106. The fourth-order valence-electron chi connectivity index (χ4n) is 5.83. The average Bonchev–Trinajstić information content (AvgIpc) is 3.05. The van der Waals surface area contributed by atoms with E-state index in [-0.39, 0.29) is 48.8 Å². The molecule has 0 saturated carbocycles. The summed E-state index contributed by atoms with van der Waals surface area (Å²) >= 11 is 0. The van der Waals surface area contributed by atoms with Crippen LogP contribution in [0, 0.1) is 11.3 Å². The Bertz CT molecular complexity index is 1730. The highest BCUT2D eigenvalue weighted by molar-refractivity contribution is 7.90. The number of carbonyl (C=O) groups is 1. The molecule has 2 aromatic rings. The summed E-state index contributed by atoms with van der Waals surface area (Å²) in [7, 11) is -10.1. The highest BCUT2D eigenvalue weighted by Gasteiger charge is 2.47. The molecule has 0 radical (unpaired) electrons. The lowest BCUT2D eigenvalue weighted by Crippen LogP contribution is -2.62. The highest BCUT2D eigenvalue weighted by Crippen LogP contribution is 2.37. The van der Waals surface area contributed by atoms with Crippen LogP contribution in [0.15, 0.2) is 53.4 Å². The minimum atomic E-state index is -4.45. The second kappa shape index (κ2) is 21.4. The van der Waals surface area contributed by atoms with Gasteiger partial charge in [-0.1, -0.05) is 104 Å². The Kier molecular flexibility index (Phi) is 19.0. The molecule has 56 heavy (non-hydrogen) atoms. The third-order valence-electron chi connectivity index (χ3n) is 8.76. The van der Waals surface area contributed by atoms with E-state index in [0.29, 0.717) is 13.2 Å². The van der Waals surface area contributed by atoms with Crippen LogP contribution in [0.2, 0.25) is 51.4 Å². The van der Waals surface area contributed by atoms with Gasteiger partial charge in [0.2, 0.25) is 10.0 Å². The molecule has 1 amide bonds. The highest BCUT2D eigenvalue weighted by atomic mass is 32.2. The van der Waals surface area contributed by atoms with E-state index in [9.17, 15) is 18.3 Å². The summed E-state index contributed by atoms with van der Waals surface area (Å²) in [5, 5.41) is 12.8. The van der Waals surface area contributed by atoms with Gasteiger partial charge in [-0.25, -0.2) is 17.9 Å². The number of hydrogen-bond acceptors (Lipinski definition) is 9. The minimum absolute atomic E-state index is 0.0342. The molecule has 0 bridgehead atoms. The van der Waals surface area contributed by atoms with Crippen LogP contribution in [0.25, 0.3) is 0 Å². The Hall–Kier alpha value is -2.56. The zero-order valence-corrected chi connectivity index (χ0v) is 39.1. The fraction of sp³-hybridized carbons (Fsp3) is 0.658. The molecule has 18 heteroatoms. The molecule has 0 spiro atoms. The van der Waals surface area contributed by atoms with Gasteiger partial charge in [-0.2, -0.15) is 12.7 Å². The maximum Gasteiger partial charge on any atom is 0.404 e. The number of nitrogens with one attached hydrogen (secondary N) is 3. The summed E-state index contributed by atoms with van der Waals surface area (Å²) in [6.45, 7) is 23.4. The number of benzene rings is 2. The SMILES string of the molecule is CNS(=O)(=O)Nc1cc(S(=O)(=O)N(CC(C)C)C([C@H](OCOCC[Si](C)(C)C)[C@H](Cc2ccccc2)NC(=O)O)C(C)(C)C)ccc1OCOCC[Si](C)(C)C. The Balaban J connectivity index is 2.75. The van der Waals surface area contributed by atoms with Crippen LogP contribution in [0.3, 0.4) is 0 Å². The van der Waals surface area contributed by atoms with Gasteiger partial charge in [-0.15, -0.1) is 0 Å². The fourth-order valence-corrected chi connectivity index (χ4v) is 9.90. The number of sulfonamides is 1. The first kappa shape index (κ1) is 49.6. The first-order valence-corrected chi connectivity index (χ1v) is 29.4. The first-order valence-electron chi connectivity index (χ1n) is 19.1. The van der Waals surface area contributed by atoms with E-state index in [1.54, 1.807) is 0 Å². The van der Waals surface area contributed by atoms with Gasteiger partial charge in [-0.3, -0.25) is 4.72 Å². The lowest BCUT2D eigenvalue weighted by molar-refractivity contribution is -0.128. The minimum Gasteiger partial charge on any atom is -0.465 e. The van der Waals surface area contributed by atoms with E-state index in [1.165, 1.54) is 29.6 Å². The van der Waals surface area contributed by atoms with Crippen molar-refractivity contribution in [2.24, 2.45) is 11.3 Å². The molecule has 3 atom stereocenters. The normalized spacial score (nSPS) is 14.8. The van der Waals surface area contributed by atoms with Crippen LogP contribution in [0.4, 0.5) is 10.5 Å². The van der Waals surface area contributed by atoms with E-state index in [0.717, 1.165) is 17.7 Å². The second-order valence-corrected chi connectivity index (χ2v) is 32.7. The monoisotopic (exact) mass is 860 g/mol. The van der Waals surface area contributed by atoms with E-state index >= 15 is 8.42 Å². The topological polar surface area (TPSA) is 182 Å². The number of rotatable bonds is 25. The van der Waals surface area contributed by atoms with Crippen molar-refractivity contribution in [2.75, 3.05) is 45.1 Å². The van der Waals surface area contributed by atoms with Gasteiger partial charge < -0.3 is 29.4 Å². The van der Waals surface area contributed by atoms with E-state index in [1.807, 2.05) is 65.0 Å². The predicted molar refractivity (Wildman–Crippen MR) is 229 cm³/mol. The van der Waals surface area contributed by atoms with Gasteiger partial charge >= 0.3 is 6.09 Å². The predicted octanol–water partition coefficient (Wildman–Crippen LogP) is 6.89. The van der Waals surface area contributed by atoms with E-state index < -0.39 is 66.1 Å². The molecular formula is C38H68N4O10S2Si2. The van der Waals surface area contributed by atoms with Crippen molar-refractivity contribution in [3.63, 3.8) is 0 Å². The second-order valence-electron chi connectivity index (χ2n) is 17.9. The summed E-state index contributed by atoms with van der Waals surface area (Å²) in [6.07, 6.45) is -2.12. The first-order chi connectivity index (χ1) is 25.8. The van der Waals surface area contributed by atoms with Crippen molar-refractivity contribution in [2.45, 2.75) is 115 Å². The van der Waals surface area contributed by atoms with Crippen molar-refractivity contribution in [3.05, 3.63) is 54.1 Å². The van der Waals surface area contributed by atoms with Gasteiger partial charge in [-0.05, 0) is 53.6 Å². The smallest absolute Gasteiger partial charge is 0.404 e. The molecule has 0 fully saturated rings.